The molecule has 0 spiro atoms. The predicted octanol–water partition coefficient (Wildman–Crippen LogP) is 5.54. The first-order valence-electron chi connectivity index (χ1n) is 12.0. The summed E-state index contributed by atoms with van der Waals surface area (Å²) in [6.45, 7) is 0. The molecule has 4 aromatic carbocycles. The van der Waals surface area contributed by atoms with Crippen molar-refractivity contribution in [1.82, 2.24) is 10.2 Å². The zero-order valence-electron chi connectivity index (χ0n) is 18.4. The maximum absolute atomic E-state index is 13.3. The topological polar surface area (TPSA) is 41.6 Å². The lowest BCUT2D eigenvalue weighted by molar-refractivity contribution is -0.156. The van der Waals surface area contributed by atoms with E-state index in [9.17, 15) is 4.79 Å². The summed E-state index contributed by atoms with van der Waals surface area (Å²) in [6, 6.07) is 28.3. The van der Waals surface area contributed by atoms with E-state index >= 15 is 0 Å². The van der Waals surface area contributed by atoms with Crippen molar-refractivity contribution in [2.75, 3.05) is 0 Å². The molecule has 4 heteroatoms. The summed E-state index contributed by atoms with van der Waals surface area (Å²) in [5, 5.41) is 8.14. The first-order valence-corrected chi connectivity index (χ1v) is 12.0. The molecule has 2 aliphatic heterocycles. The number of amides is 1. The maximum Gasteiger partial charge on any atom is 0.277 e. The number of fused-ring (bicyclic) bond motifs is 7. The van der Waals surface area contributed by atoms with Gasteiger partial charge in [0.15, 0.2) is 0 Å². The fourth-order valence-electron chi connectivity index (χ4n) is 6.29. The van der Waals surface area contributed by atoms with Gasteiger partial charge in [-0.15, -0.1) is 0 Å². The van der Waals surface area contributed by atoms with Crippen LogP contribution >= 0.6 is 0 Å². The third-order valence-corrected chi connectivity index (χ3v) is 7.77. The van der Waals surface area contributed by atoms with E-state index in [1.807, 2.05) is 6.07 Å². The number of ether oxygens (including phenoxy) is 1. The Morgan fingerprint density at radius 1 is 0.818 bits per heavy atom. The minimum absolute atomic E-state index is 0.0113. The second kappa shape index (κ2) is 7.32. The Morgan fingerprint density at radius 3 is 2.48 bits per heavy atom. The predicted molar refractivity (Wildman–Crippen MR) is 130 cm³/mol. The summed E-state index contributed by atoms with van der Waals surface area (Å²) in [6.07, 6.45) is 3.87. The molecule has 1 saturated carbocycles. The summed E-state index contributed by atoms with van der Waals surface area (Å²) >= 11 is 0. The van der Waals surface area contributed by atoms with E-state index in [0.717, 1.165) is 18.6 Å². The Labute approximate surface area is 193 Å². The van der Waals surface area contributed by atoms with E-state index in [-0.39, 0.29) is 24.0 Å². The first kappa shape index (κ1) is 19.1. The zero-order valence-corrected chi connectivity index (χ0v) is 18.4. The third kappa shape index (κ3) is 2.90. The van der Waals surface area contributed by atoms with Crippen molar-refractivity contribution >= 4 is 27.5 Å². The highest BCUT2D eigenvalue weighted by Gasteiger charge is 2.51. The van der Waals surface area contributed by atoms with E-state index < -0.39 is 6.23 Å². The summed E-state index contributed by atoms with van der Waals surface area (Å²) in [5.74, 6) is 0.806. The van der Waals surface area contributed by atoms with Gasteiger partial charge >= 0.3 is 0 Å². The number of carbonyl (C=O) groups excluding carboxylic acids is 1. The van der Waals surface area contributed by atoms with Crippen molar-refractivity contribution in [1.29, 1.82) is 0 Å². The van der Waals surface area contributed by atoms with Crippen LogP contribution in [0.3, 0.4) is 0 Å². The van der Waals surface area contributed by atoms with E-state index in [2.05, 4.69) is 83.0 Å². The molecule has 1 saturated heterocycles. The molecule has 3 aliphatic rings. The van der Waals surface area contributed by atoms with Crippen LogP contribution in [0.4, 0.5) is 0 Å². The summed E-state index contributed by atoms with van der Waals surface area (Å²) in [5.41, 5.74) is 2.40. The molecule has 1 amide bonds. The lowest BCUT2D eigenvalue weighted by Crippen LogP contribution is -2.69. The lowest BCUT2D eigenvalue weighted by Gasteiger charge is -2.53. The van der Waals surface area contributed by atoms with Crippen molar-refractivity contribution in [3.05, 3.63) is 90.0 Å². The normalized spacial score (nSPS) is 26.7. The van der Waals surface area contributed by atoms with E-state index in [4.69, 9.17) is 4.74 Å². The van der Waals surface area contributed by atoms with Gasteiger partial charge in [-0.25, -0.2) is 4.90 Å². The van der Waals surface area contributed by atoms with Crippen LogP contribution in [0, 0.1) is 0 Å². The molecule has 4 aromatic rings. The molecular formula is C29H26N2O2. The summed E-state index contributed by atoms with van der Waals surface area (Å²) in [7, 11) is 0. The van der Waals surface area contributed by atoms with Crippen LogP contribution in [-0.2, 0) is 4.79 Å². The molecule has 7 rings (SSSR count). The number of rotatable bonds is 1. The Balaban J connectivity index is 1.50. The van der Waals surface area contributed by atoms with Crippen molar-refractivity contribution in [3.63, 3.8) is 0 Å². The molecule has 1 N–H and O–H groups in total. The minimum Gasteiger partial charge on any atom is -0.465 e. The molecule has 0 unspecified atom stereocenters. The van der Waals surface area contributed by atoms with Crippen LogP contribution in [0.15, 0.2) is 78.9 Å². The van der Waals surface area contributed by atoms with E-state index in [0.29, 0.717) is 0 Å². The Kier molecular flexibility index (Phi) is 4.25. The SMILES string of the molecule is O=C1N[C@H]2CCCC[C@@H]2N2[C@H](c3ccc4ccccc4c3)c3c(ccc4ccccc34)O[C@H]12. The number of nitrogens with one attached hydrogen (secondary N) is 1. The molecular weight excluding hydrogens is 408 g/mol. The van der Waals surface area contributed by atoms with E-state index in [1.54, 1.807) is 0 Å². The maximum atomic E-state index is 13.3. The molecule has 2 heterocycles. The molecule has 0 aromatic heterocycles. The number of hydrogen-bond acceptors (Lipinski definition) is 3. The number of hydrogen-bond donors (Lipinski definition) is 1. The smallest absolute Gasteiger partial charge is 0.277 e. The average molecular weight is 435 g/mol. The van der Waals surface area contributed by atoms with Gasteiger partial charge in [-0.05, 0) is 52.1 Å². The molecule has 164 valence electrons. The summed E-state index contributed by atoms with van der Waals surface area (Å²) < 4.78 is 6.46. The second-order valence-electron chi connectivity index (χ2n) is 9.59. The molecule has 4 atom stereocenters. The molecule has 4 nitrogen and oxygen atoms in total. The lowest BCUT2D eigenvalue weighted by atomic mass is 9.82. The molecule has 2 fully saturated rings. The van der Waals surface area contributed by atoms with Gasteiger partial charge < -0.3 is 10.1 Å². The van der Waals surface area contributed by atoms with Gasteiger partial charge in [-0.3, -0.25) is 4.79 Å². The van der Waals surface area contributed by atoms with Gasteiger partial charge in [0.05, 0.1) is 6.04 Å². The van der Waals surface area contributed by atoms with Gasteiger partial charge in [-0.2, -0.15) is 0 Å². The quantitative estimate of drug-likeness (QED) is 0.427. The Hall–Kier alpha value is -3.37. The number of benzene rings is 4. The number of piperazine rings is 1. The fraction of sp³-hybridized carbons (Fsp3) is 0.276. The van der Waals surface area contributed by atoms with Gasteiger partial charge in [0.1, 0.15) is 5.75 Å². The fourth-order valence-corrected chi connectivity index (χ4v) is 6.29. The molecule has 0 radical (unpaired) electrons. The highest BCUT2D eigenvalue weighted by Crippen LogP contribution is 2.48. The summed E-state index contributed by atoms with van der Waals surface area (Å²) in [4.78, 5) is 15.7. The third-order valence-electron chi connectivity index (χ3n) is 7.77. The van der Waals surface area contributed by atoms with Gasteiger partial charge in [-0.1, -0.05) is 79.6 Å². The monoisotopic (exact) mass is 434 g/mol. The zero-order chi connectivity index (χ0) is 21.9. The number of nitrogens with zero attached hydrogens (tertiary/aromatic N) is 1. The number of carbonyl (C=O) groups is 1. The van der Waals surface area contributed by atoms with E-state index in [1.165, 1.54) is 45.5 Å². The molecule has 0 bridgehead atoms. The van der Waals surface area contributed by atoms with Crippen molar-refractivity contribution in [3.8, 4) is 5.75 Å². The Bertz CT molecular complexity index is 1400. The largest absolute Gasteiger partial charge is 0.465 e. The van der Waals surface area contributed by atoms with Gasteiger partial charge in [0.2, 0.25) is 6.23 Å². The average Bonchev–Trinajstić information content (AvgIpc) is 2.87. The second-order valence-corrected chi connectivity index (χ2v) is 9.59. The van der Waals surface area contributed by atoms with Crippen LogP contribution in [0.1, 0.15) is 42.9 Å². The van der Waals surface area contributed by atoms with Crippen molar-refractivity contribution in [2.24, 2.45) is 0 Å². The first-order chi connectivity index (χ1) is 16.3. The molecule has 1 aliphatic carbocycles. The van der Waals surface area contributed by atoms with Crippen molar-refractivity contribution in [2.45, 2.75) is 50.0 Å². The van der Waals surface area contributed by atoms with Crippen LogP contribution in [0.25, 0.3) is 21.5 Å². The van der Waals surface area contributed by atoms with Crippen LogP contribution < -0.4 is 10.1 Å². The molecule has 33 heavy (non-hydrogen) atoms. The van der Waals surface area contributed by atoms with Crippen LogP contribution in [0.2, 0.25) is 0 Å². The highest BCUT2D eigenvalue weighted by atomic mass is 16.5. The minimum atomic E-state index is -0.602. The van der Waals surface area contributed by atoms with Crippen LogP contribution in [-0.4, -0.2) is 29.1 Å². The Morgan fingerprint density at radius 2 is 1.58 bits per heavy atom. The highest BCUT2D eigenvalue weighted by molar-refractivity contribution is 5.91. The van der Waals surface area contributed by atoms with Gasteiger partial charge in [0, 0.05) is 17.6 Å². The van der Waals surface area contributed by atoms with Gasteiger partial charge in [0.25, 0.3) is 5.91 Å². The van der Waals surface area contributed by atoms with Crippen LogP contribution in [0.5, 0.6) is 5.75 Å². The standard InChI is InChI=1S/C29H26N2O2/c32-28-29-31(24-12-6-5-11-23(24)30-28)27(21-14-13-18-7-1-2-9-20(18)17-21)26-22-10-4-3-8-19(22)15-16-25(26)33-29/h1-4,7-10,13-17,23-24,27,29H,5-6,11-12H2,(H,30,32)/t23-,24-,27+,29+/m0/s1. The van der Waals surface area contributed by atoms with Crippen molar-refractivity contribution < 1.29 is 9.53 Å².